The van der Waals surface area contributed by atoms with E-state index in [2.05, 4.69) is 4.99 Å². The van der Waals surface area contributed by atoms with E-state index in [4.69, 9.17) is 9.52 Å². The van der Waals surface area contributed by atoms with Gasteiger partial charge in [0, 0.05) is 25.7 Å². The Morgan fingerprint density at radius 3 is 2.68 bits per heavy atom. The molecule has 1 fully saturated rings. The van der Waals surface area contributed by atoms with Gasteiger partial charge in [0.1, 0.15) is 11.5 Å². The standard InChI is InChI=1S/C18H16N2O4S/c1-10-8-11(17(22)23)4-6-13(10)14-7-5-12(24-14)9-15-16(21)20(3)18(19-2)25-15/h4-9H,1-3H3,(H,22,23)/b15-9+,19-18?. The van der Waals surface area contributed by atoms with Crippen molar-refractivity contribution in [3.63, 3.8) is 0 Å². The molecule has 1 aromatic heterocycles. The van der Waals surface area contributed by atoms with Gasteiger partial charge in [-0.25, -0.2) is 4.79 Å². The van der Waals surface area contributed by atoms with Gasteiger partial charge in [-0.05, 0) is 48.5 Å². The number of amides is 1. The summed E-state index contributed by atoms with van der Waals surface area (Å²) in [4.78, 5) is 29.3. The van der Waals surface area contributed by atoms with Gasteiger partial charge in [0.05, 0.1) is 10.5 Å². The van der Waals surface area contributed by atoms with E-state index in [1.165, 1.54) is 16.7 Å². The number of carbonyl (C=O) groups is 2. The second-order valence-electron chi connectivity index (χ2n) is 5.52. The van der Waals surface area contributed by atoms with Gasteiger partial charge in [0.25, 0.3) is 5.91 Å². The zero-order chi connectivity index (χ0) is 18.1. The van der Waals surface area contributed by atoms with Crippen LogP contribution in [0.15, 0.2) is 44.6 Å². The Morgan fingerprint density at radius 2 is 2.08 bits per heavy atom. The van der Waals surface area contributed by atoms with E-state index in [0.717, 1.165) is 11.1 Å². The number of carboxylic acids is 1. The predicted octanol–water partition coefficient (Wildman–Crippen LogP) is 3.49. The van der Waals surface area contributed by atoms with E-state index in [1.54, 1.807) is 50.5 Å². The Hall–Kier alpha value is -2.80. The average Bonchev–Trinajstić information content (AvgIpc) is 3.15. The van der Waals surface area contributed by atoms with Gasteiger partial charge in [-0.3, -0.25) is 14.7 Å². The van der Waals surface area contributed by atoms with Crippen molar-refractivity contribution >= 4 is 34.9 Å². The molecule has 0 unspecified atom stereocenters. The SMILES string of the molecule is CN=C1S/C(=C/c2ccc(-c3ccc(C(=O)O)cc3C)o2)C(=O)N1C. The minimum Gasteiger partial charge on any atom is -0.478 e. The monoisotopic (exact) mass is 356 g/mol. The number of furan rings is 1. The molecule has 0 bridgehead atoms. The number of benzene rings is 1. The van der Waals surface area contributed by atoms with Gasteiger partial charge in [0.2, 0.25) is 0 Å². The maximum Gasteiger partial charge on any atom is 0.335 e. The van der Waals surface area contributed by atoms with Gasteiger partial charge in [-0.1, -0.05) is 6.07 Å². The lowest BCUT2D eigenvalue weighted by molar-refractivity contribution is -0.121. The number of hydrogen-bond acceptors (Lipinski definition) is 5. The molecule has 1 amide bonds. The maximum atomic E-state index is 12.2. The summed E-state index contributed by atoms with van der Waals surface area (Å²) in [5, 5.41) is 9.68. The van der Waals surface area contributed by atoms with Crippen molar-refractivity contribution in [2.75, 3.05) is 14.1 Å². The summed E-state index contributed by atoms with van der Waals surface area (Å²) in [5.41, 5.74) is 1.85. The molecule has 1 aliphatic heterocycles. The van der Waals surface area contributed by atoms with Gasteiger partial charge in [0.15, 0.2) is 5.17 Å². The fourth-order valence-electron chi connectivity index (χ4n) is 2.53. The van der Waals surface area contributed by atoms with Crippen molar-refractivity contribution in [3.8, 4) is 11.3 Å². The summed E-state index contributed by atoms with van der Waals surface area (Å²) in [6, 6.07) is 8.45. The van der Waals surface area contributed by atoms with Crippen LogP contribution in [-0.2, 0) is 4.79 Å². The van der Waals surface area contributed by atoms with Crippen LogP contribution in [0.1, 0.15) is 21.7 Å². The summed E-state index contributed by atoms with van der Waals surface area (Å²) in [6.45, 7) is 1.83. The minimum absolute atomic E-state index is 0.120. The molecule has 1 aromatic carbocycles. The number of likely N-dealkylation sites (N-methyl/N-ethyl adjacent to an activating group) is 1. The van der Waals surface area contributed by atoms with Crippen molar-refractivity contribution in [1.29, 1.82) is 0 Å². The highest BCUT2D eigenvalue weighted by Crippen LogP contribution is 2.33. The smallest absolute Gasteiger partial charge is 0.335 e. The van der Waals surface area contributed by atoms with Crippen molar-refractivity contribution < 1.29 is 19.1 Å². The first-order chi connectivity index (χ1) is 11.9. The lowest BCUT2D eigenvalue weighted by atomic mass is 10.0. The van der Waals surface area contributed by atoms with Crippen LogP contribution in [0.5, 0.6) is 0 Å². The molecule has 25 heavy (non-hydrogen) atoms. The third-order valence-electron chi connectivity index (χ3n) is 3.83. The molecule has 3 rings (SSSR count). The lowest BCUT2D eigenvalue weighted by Crippen LogP contribution is -2.23. The van der Waals surface area contributed by atoms with Gasteiger partial charge < -0.3 is 9.52 Å². The number of thioether (sulfide) groups is 1. The van der Waals surface area contributed by atoms with Crippen LogP contribution in [0.3, 0.4) is 0 Å². The van der Waals surface area contributed by atoms with Crippen LogP contribution < -0.4 is 0 Å². The number of rotatable bonds is 3. The van der Waals surface area contributed by atoms with Crippen molar-refractivity contribution in [3.05, 3.63) is 52.1 Å². The maximum absolute atomic E-state index is 12.2. The molecule has 2 aromatic rings. The molecule has 6 nitrogen and oxygen atoms in total. The first-order valence-electron chi connectivity index (χ1n) is 7.49. The summed E-state index contributed by atoms with van der Waals surface area (Å²) in [7, 11) is 3.32. The number of amidine groups is 1. The highest BCUT2D eigenvalue weighted by atomic mass is 32.2. The third-order valence-corrected chi connectivity index (χ3v) is 4.99. The van der Waals surface area contributed by atoms with E-state index >= 15 is 0 Å². The summed E-state index contributed by atoms with van der Waals surface area (Å²) >= 11 is 1.30. The van der Waals surface area contributed by atoms with Crippen molar-refractivity contribution in [2.24, 2.45) is 4.99 Å². The number of aliphatic imine (C=N–C) groups is 1. The van der Waals surface area contributed by atoms with Crippen LogP contribution in [0.25, 0.3) is 17.4 Å². The van der Waals surface area contributed by atoms with Crippen LogP contribution in [0.4, 0.5) is 0 Å². The summed E-state index contributed by atoms with van der Waals surface area (Å²) < 4.78 is 5.82. The fourth-order valence-corrected chi connectivity index (χ4v) is 3.43. The molecule has 0 saturated carbocycles. The predicted molar refractivity (Wildman–Crippen MR) is 97.5 cm³/mol. The Bertz CT molecular complexity index is 927. The molecule has 0 aliphatic carbocycles. The topological polar surface area (TPSA) is 83.1 Å². The molecule has 1 saturated heterocycles. The molecule has 0 atom stereocenters. The summed E-state index contributed by atoms with van der Waals surface area (Å²) in [6.07, 6.45) is 1.69. The molecule has 7 heteroatoms. The molecular weight excluding hydrogens is 340 g/mol. The summed E-state index contributed by atoms with van der Waals surface area (Å²) in [5.74, 6) is 0.0899. The highest BCUT2D eigenvalue weighted by Gasteiger charge is 2.30. The van der Waals surface area contributed by atoms with Crippen LogP contribution >= 0.6 is 11.8 Å². The minimum atomic E-state index is -0.964. The van der Waals surface area contributed by atoms with E-state index in [9.17, 15) is 9.59 Å². The molecule has 1 aliphatic rings. The van der Waals surface area contributed by atoms with Crippen LogP contribution in [0, 0.1) is 6.92 Å². The van der Waals surface area contributed by atoms with E-state index in [-0.39, 0.29) is 11.5 Å². The number of carbonyl (C=O) groups excluding carboxylic acids is 1. The molecular formula is C18H16N2O4S. The Kier molecular flexibility index (Phi) is 4.50. The second kappa shape index (κ2) is 6.60. The quantitative estimate of drug-likeness (QED) is 0.851. The average molecular weight is 356 g/mol. The second-order valence-corrected chi connectivity index (χ2v) is 6.53. The largest absolute Gasteiger partial charge is 0.478 e. The Morgan fingerprint density at radius 1 is 1.32 bits per heavy atom. The van der Waals surface area contributed by atoms with Crippen molar-refractivity contribution in [1.82, 2.24) is 4.90 Å². The molecule has 2 heterocycles. The van der Waals surface area contributed by atoms with E-state index < -0.39 is 5.97 Å². The number of aromatic carboxylic acids is 1. The van der Waals surface area contributed by atoms with E-state index in [1.807, 2.05) is 6.92 Å². The lowest BCUT2D eigenvalue weighted by Gasteiger charge is -2.05. The third kappa shape index (κ3) is 3.23. The Balaban J connectivity index is 1.90. The molecule has 1 N–H and O–H groups in total. The number of aryl methyl sites for hydroxylation is 1. The van der Waals surface area contributed by atoms with Crippen LogP contribution in [-0.4, -0.2) is 41.1 Å². The van der Waals surface area contributed by atoms with Crippen molar-refractivity contribution in [2.45, 2.75) is 6.92 Å². The van der Waals surface area contributed by atoms with E-state index in [0.29, 0.717) is 21.6 Å². The number of nitrogens with zero attached hydrogens (tertiary/aromatic N) is 2. The Labute approximate surface area is 148 Å². The molecule has 0 radical (unpaired) electrons. The first-order valence-corrected chi connectivity index (χ1v) is 8.31. The highest BCUT2D eigenvalue weighted by molar-refractivity contribution is 8.18. The van der Waals surface area contributed by atoms with Gasteiger partial charge in [-0.15, -0.1) is 0 Å². The first kappa shape index (κ1) is 17.0. The van der Waals surface area contributed by atoms with Crippen LogP contribution in [0.2, 0.25) is 0 Å². The molecule has 0 spiro atoms. The number of carboxylic acid groups (broad SMARTS) is 1. The van der Waals surface area contributed by atoms with Gasteiger partial charge >= 0.3 is 5.97 Å². The zero-order valence-electron chi connectivity index (χ0n) is 13.9. The zero-order valence-corrected chi connectivity index (χ0v) is 14.8. The number of hydrogen-bond donors (Lipinski definition) is 1. The van der Waals surface area contributed by atoms with Gasteiger partial charge in [-0.2, -0.15) is 0 Å². The molecule has 128 valence electrons. The normalized spacial score (nSPS) is 17.7. The fraction of sp³-hybridized carbons (Fsp3) is 0.167.